The summed E-state index contributed by atoms with van der Waals surface area (Å²) in [7, 11) is 3.15. The van der Waals surface area contributed by atoms with Crippen molar-refractivity contribution in [2.24, 2.45) is 11.7 Å². The van der Waals surface area contributed by atoms with Gasteiger partial charge < -0.3 is 20.1 Å². The Morgan fingerprint density at radius 2 is 2.14 bits per heavy atom. The largest absolute Gasteiger partial charge is 0.497 e. The first kappa shape index (κ1) is 15.6. The Morgan fingerprint density at radius 3 is 2.76 bits per heavy atom. The lowest BCUT2D eigenvalue weighted by molar-refractivity contribution is 0.0529. The fourth-order valence-electron chi connectivity index (χ4n) is 2.99. The predicted octanol–water partition coefficient (Wildman–Crippen LogP) is 1.90. The average molecular weight is 292 g/mol. The van der Waals surface area contributed by atoms with Crippen LogP contribution >= 0.6 is 0 Å². The number of ether oxygens (including phenoxy) is 2. The van der Waals surface area contributed by atoms with E-state index in [1.807, 2.05) is 4.90 Å². The quantitative estimate of drug-likeness (QED) is 0.920. The van der Waals surface area contributed by atoms with Crippen molar-refractivity contribution in [3.8, 4) is 11.5 Å². The van der Waals surface area contributed by atoms with Crippen LogP contribution in [0.1, 0.15) is 30.1 Å². The summed E-state index contributed by atoms with van der Waals surface area (Å²) in [5, 5.41) is 0. The van der Waals surface area contributed by atoms with Crippen molar-refractivity contribution in [2.75, 3.05) is 27.3 Å². The normalized spacial score (nSPS) is 22.0. The highest BCUT2D eigenvalue weighted by Gasteiger charge is 2.32. The van der Waals surface area contributed by atoms with E-state index < -0.39 is 0 Å². The molecule has 0 spiro atoms. The second-order valence-corrected chi connectivity index (χ2v) is 5.49. The second kappa shape index (κ2) is 6.80. The van der Waals surface area contributed by atoms with Gasteiger partial charge in [-0.1, -0.05) is 6.92 Å². The molecule has 116 valence electrons. The molecule has 0 aliphatic carbocycles. The maximum atomic E-state index is 12.8. The number of methoxy groups -OCH3 is 2. The van der Waals surface area contributed by atoms with E-state index >= 15 is 0 Å². The van der Waals surface area contributed by atoms with E-state index in [4.69, 9.17) is 15.2 Å². The molecule has 1 aromatic carbocycles. The molecule has 0 bridgehead atoms. The van der Waals surface area contributed by atoms with Crippen LogP contribution in [-0.2, 0) is 0 Å². The first-order valence-electron chi connectivity index (χ1n) is 7.35. The standard InChI is InChI=1S/C16H24N2O3/c1-11-5-4-8-18(14(11)10-17)16(19)13-7-6-12(20-2)9-15(13)21-3/h6-7,9,11,14H,4-5,8,10,17H2,1-3H3/t11-,14+/m1/s1. The van der Waals surface area contributed by atoms with E-state index in [-0.39, 0.29) is 11.9 Å². The van der Waals surface area contributed by atoms with Crippen molar-refractivity contribution in [2.45, 2.75) is 25.8 Å². The van der Waals surface area contributed by atoms with E-state index in [2.05, 4.69) is 6.92 Å². The Bertz CT molecular complexity index is 504. The van der Waals surface area contributed by atoms with Gasteiger partial charge in [0.25, 0.3) is 5.91 Å². The van der Waals surface area contributed by atoms with Gasteiger partial charge in [-0.25, -0.2) is 0 Å². The van der Waals surface area contributed by atoms with Gasteiger partial charge in [0.1, 0.15) is 11.5 Å². The van der Waals surface area contributed by atoms with Crippen molar-refractivity contribution in [1.29, 1.82) is 0 Å². The summed E-state index contributed by atoms with van der Waals surface area (Å²) < 4.78 is 10.5. The number of carbonyl (C=O) groups is 1. The van der Waals surface area contributed by atoms with Crippen LogP contribution in [0.15, 0.2) is 18.2 Å². The zero-order chi connectivity index (χ0) is 15.4. The number of piperidine rings is 1. The molecule has 0 saturated carbocycles. The summed E-state index contributed by atoms with van der Waals surface area (Å²) in [4.78, 5) is 14.7. The van der Waals surface area contributed by atoms with Crippen LogP contribution in [0.25, 0.3) is 0 Å². The second-order valence-electron chi connectivity index (χ2n) is 5.49. The fraction of sp³-hybridized carbons (Fsp3) is 0.562. The third-order valence-electron chi connectivity index (χ3n) is 4.26. The number of likely N-dealkylation sites (tertiary alicyclic amines) is 1. The summed E-state index contributed by atoms with van der Waals surface area (Å²) >= 11 is 0. The van der Waals surface area contributed by atoms with Gasteiger partial charge in [-0.2, -0.15) is 0 Å². The number of nitrogens with two attached hydrogens (primary N) is 1. The molecule has 1 fully saturated rings. The molecule has 5 nitrogen and oxygen atoms in total. The maximum absolute atomic E-state index is 12.8. The Labute approximate surface area is 126 Å². The number of hydrogen-bond acceptors (Lipinski definition) is 4. The molecule has 1 aliphatic heterocycles. The zero-order valence-corrected chi connectivity index (χ0v) is 13.0. The third-order valence-corrected chi connectivity index (χ3v) is 4.26. The minimum absolute atomic E-state index is 0.0171. The van der Waals surface area contributed by atoms with E-state index in [0.29, 0.717) is 29.5 Å². The van der Waals surface area contributed by atoms with Crippen LogP contribution in [0.3, 0.4) is 0 Å². The van der Waals surface area contributed by atoms with Gasteiger partial charge in [0.2, 0.25) is 0 Å². The predicted molar refractivity (Wildman–Crippen MR) is 81.8 cm³/mol. The molecule has 0 aromatic heterocycles. The van der Waals surface area contributed by atoms with Gasteiger partial charge in [-0.05, 0) is 30.9 Å². The molecule has 1 aromatic rings. The Kier molecular flexibility index (Phi) is 5.07. The molecule has 1 amide bonds. The molecule has 2 N–H and O–H groups in total. The highest BCUT2D eigenvalue weighted by molar-refractivity contribution is 5.97. The lowest BCUT2D eigenvalue weighted by atomic mass is 9.90. The fourth-order valence-corrected chi connectivity index (χ4v) is 2.99. The summed E-state index contributed by atoms with van der Waals surface area (Å²) in [5.74, 6) is 1.62. The Hall–Kier alpha value is -1.75. The molecule has 2 atom stereocenters. The molecule has 0 unspecified atom stereocenters. The minimum atomic E-state index is -0.0171. The summed E-state index contributed by atoms with van der Waals surface area (Å²) in [5.41, 5.74) is 6.43. The molecule has 5 heteroatoms. The van der Waals surface area contributed by atoms with Crippen molar-refractivity contribution < 1.29 is 14.3 Å². The van der Waals surface area contributed by atoms with Crippen molar-refractivity contribution >= 4 is 5.91 Å². The van der Waals surface area contributed by atoms with Crippen LogP contribution in [-0.4, -0.2) is 44.2 Å². The maximum Gasteiger partial charge on any atom is 0.257 e. The Balaban J connectivity index is 2.30. The lowest BCUT2D eigenvalue weighted by Crippen LogP contribution is -2.51. The number of amides is 1. The van der Waals surface area contributed by atoms with Crippen molar-refractivity contribution in [3.63, 3.8) is 0 Å². The molecule has 1 saturated heterocycles. The molecule has 1 aliphatic rings. The number of hydrogen-bond donors (Lipinski definition) is 1. The van der Waals surface area contributed by atoms with E-state index in [1.165, 1.54) is 0 Å². The number of rotatable bonds is 4. The van der Waals surface area contributed by atoms with Gasteiger partial charge in [-0.3, -0.25) is 4.79 Å². The molecule has 2 rings (SSSR count). The van der Waals surface area contributed by atoms with Crippen LogP contribution in [0.2, 0.25) is 0 Å². The van der Waals surface area contributed by atoms with Crippen LogP contribution in [0.4, 0.5) is 0 Å². The highest BCUT2D eigenvalue weighted by atomic mass is 16.5. The van der Waals surface area contributed by atoms with Gasteiger partial charge in [-0.15, -0.1) is 0 Å². The SMILES string of the molecule is COc1ccc(C(=O)N2CCC[C@@H](C)[C@@H]2CN)c(OC)c1. The molecule has 1 heterocycles. The highest BCUT2D eigenvalue weighted by Crippen LogP contribution is 2.29. The van der Waals surface area contributed by atoms with Crippen molar-refractivity contribution in [3.05, 3.63) is 23.8 Å². The van der Waals surface area contributed by atoms with Gasteiger partial charge in [0.15, 0.2) is 0 Å². The molecule has 0 radical (unpaired) electrons. The van der Waals surface area contributed by atoms with E-state index in [9.17, 15) is 4.79 Å². The van der Waals surface area contributed by atoms with E-state index in [1.54, 1.807) is 32.4 Å². The molecular formula is C16H24N2O3. The molecule has 21 heavy (non-hydrogen) atoms. The topological polar surface area (TPSA) is 64.8 Å². The third kappa shape index (κ3) is 3.13. The van der Waals surface area contributed by atoms with Crippen LogP contribution in [0, 0.1) is 5.92 Å². The van der Waals surface area contributed by atoms with Gasteiger partial charge in [0, 0.05) is 25.2 Å². The van der Waals surface area contributed by atoms with Crippen LogP contribution in [0.5, 0.6) is 11.5 Å². The number of benzene rings is 1. The first-order valence-corrected chi connectivity index (χ1v) is 7.35. The summed E-state index contributed by atoms with van der Waals surface area (Å²) in [6, 6.07) is 5.36. The van der Waals surface area contributed by atoms with Crippen molar-refractivity contribution in [1.82, 2.24) is 4.90 Å². The van der Waals surface area contributed by atoms with Gasteiger partial charge in [0.05, 0.1) is 19.8 Å². The zero-order valence-electron chi connectivity index (χ0n) is 13.0. The molecular weight excluding hydrogens is 268 g/mol. The monoisotopic (exact) mass is 292 g/mol. The van der Waals surface area contributed by atoms with E-state index in [0.717, 1.165) is 19.4 Å². The summed E-state index contributed by atoms with van der Waals surface area (Å²) in [6.07, 6.45) is 2.13. The van der Waals surface area contributed by atoms with Gasteiger partial charge >= 0.3 is 0 Å². The first-order chi connectivity index (χ1) is 10.1. The number of nitrogens with zero attached hydrogens (tertiary/aromatic N) is 1. The average Bonchev–Trinajstić information content (AvgIpc) is 2.53. The lowest BCUT2D eigenvalue weighted by Gasteiger charge is -2.39. The minimum Gasteiger partial charge on any atom is -0.497 e. The summed E-state index contributed by atoms with van der Waals surface area (Å²) in [6.45, 7) is 3.40. The van der Waals surface area contributed by atoms with Crippen LogP contribution < -0.4 is 15.2 Å². The smallest absolute Gasteiger partial charge is 0.257 e. The number of carbonyl (C=O) groups excluding carboxylic acids is 1. The Morgan fingerprint density at radius 1 is 1.38 bits per heavy atom.